The minimum Gasteiger partial charge on any atom is -0.344 e. The Kier molecular flexibility index (Phi) is 38.5. The Bertz CT molecular complexity index is 6640. The first-order chi connectivity index (χ1) is 69.7. The van der Waals surface area contributed by atoms with Gasteiger partial charge in [0.15, 0.2) is 0 Å². The van der Waals surface area contributed by atoms with Crippen LogP contribution in [0.25, 0.3) is 53.9 Å². The Morgan fingerprint density at radius 1 is 0.306 bits per heavy atom. The highest BCUT2D eigenvalue weighted by atomic mass is 35.5. The quantitative estimate of drug-likeness (QED) is 0.0314. The molecule has 14 aromatic carbocycles. The summed E-state index contributed by atoms with van der Waals surface area (Å²) in [6.07, 6.45) is 6.76. The molecular formula is C120H136Cl4N14O6. The second kappa shape index (κ2) is 52.2. The second-order valence-electron chi connectivity index (χ2n) is 39.2. The predicted octanol–water partition coefficient (Wildman–Crippen LogP) is 17.6. The van der Waals surface area contributed by atoms with Gasteiger partial charge in [0, 0.05) is 175 Å². The lowest BCUT2D eigenvalue weighted by atomic mass is 9.98. The van der Waals surface area contributed by atoms with Gasteiger partial charge in [0.25, 0.3) is 0 Å². The van der Waals surface area contributed by atoms with Crippen LogP contribution < -0.4 is 32.3 Å². The summed E-state index contributed by atoms with van der Waals surface area (Å²) in [5, 5.41) is 31.3. The lowest BCUT2D eigenvalue weighted by Crippen LogP contribution is -2.58. The van der Waals surface area contributed by atoms with Crippen molar-refractivity contribution in [1.29, 1.82) is 0 Å². The van der Waals surface area contributed by atoms with Crippen molar-refractivity contribution in [3.8, 4) is 0 Å². The highest BCUT2D eigenvalue weighted by Gasteiger charge is 2.37. The Morgan fingerprint density at radius 2 is 0.576 bits per heavy atom. The smallest absolute Gasteiger partial charge is 0.245 e. The summed E-state index contributed by atoms with van der Waals surface area (Å²) in [5.41, 5.74) is 16.9. The summed E-state index contributed by atoms with van der Waals surface area (Å²) >= 11 is 23.9. The van der Waals surface area contributed by atoms with Gasteiger partial charge in [0.2, 0.25) is 35.4 Å². The molecule has 750 valence electrons. The maximum Gasteiger partial charge on any atom is 0.245 e. The molecule has 5 heterocycles. The maximum absolute atomic E-state index is 13.5. The summed E-state index contributed by atoms with van der Waals surface area (Å²) < 4.78 is 0. The number of nitrogens with zero attached hydrogens (tertiary/aromatic N) is 8. The molecule has 0 aliphatic carbocycles. The van der Waals surface area contributed by atoms with Gasteiger partial charge in [-0.25, -0.2) is 0 Å². The fourth-order valence-electron chi connectivity index (χ4n) is 20.2. The van der Waals surface area contributed by atoms with Crippen LogP contribution in [0.4, 0.5) is 0 Å². The zero-order valence-corrected chi connectivity index (χ0v) is 86.8. The standard InChI is InChI=1S/C27H30ClN3O2.C26H28ClN3O2.C26H30ClN3O.C25H28ClN3O.C16H20N2/c1-19(32)29-26(17-20-8-11-24(28)12-9-20)27(33)31-14-13-30(2)25(18-31)16-21-7-10-22-5-3-4-6-23(22)15-21;1-18(31)29-25(16-19-7-10-23(27)11-8-19)26(32)30-13-12-28-24(17-30)15-20-6-9-21-4-2-3-5-22(21)14-20;1-28-25(17-19-8-11-23(27)12-9-19)26(31)30-14-13-29(2)24(18-30)16-20-7-10-21-5-3-4-6-22(21)15-20;1-28-12-13-29(25(30)24(27)16-18-7-10-22(26)11-8-18)17-23(28)15-19-6-9-20-4-2-3-5-21(20)14-19;1-18-9-8-17-12-16(18)11-13-6-7-14-4-2-3-5-15(14)10-13/h3-12,15,25-26H,13-14,16-18H2,1-2H3,(H,29,32);2-11,14,24-25,28H,12-13,15-17H2,1H3,(H,29,31);3-12,15,24-25,28H,13-14,16-18H2,1-2H3;2-11,14,23-24H,12-13,15-17,27H2,1H3;2-7,10,16-17H,8-9,11-12H2,1H3/t25-,26-;2*24-,25-;23-,24-;16-/m11111/s1. The Labute approximate surface area is 868 Å². The Morgan fingerprint density at radius 3 is 0.896 bits per heavy atom. The highest BCUT2D eigenvalue weighted by Crippen LogP contribution is 2.29. The van der Waals surface area contributed by atoms with Gasteiger partial charge >= 0.3 is 0 Å². The summed E-state index contributed by atoms with van der Waals surface area (Å²) in [7, 11) is 10.5. The maximum atomic E-state index is 13.5. The van der Waals surface area contributed by atoms with E-state index in [2.05, 4.69) is 275 Å². The van der Waals surface area contributed by atoms with Gasteiger partial charge in [0.05, 0.1) is 12.1 Å². The molecule has 0 radical (unpaired) electrons. The van der Waals surface area contributed by atoms with Gasteiger partial charge in [0.1, 0.15) is 12.1 Å². The lowest BCUT2D eigenvalue weighted by molar-refractivity contribution is -0.138. The third-order valence-electron chi connectivity index (χ3n) is 28.7. The van der Waals surface area contributed by atoms with Crippen LogP contribution in [0, 0.1) is 0 Å². The molecule has 5 aliphatic heterocycles. The van der Waals surface area contributed by atoms with E-state index in [1.807, 2.05) is 124 Å². The average molecular weight is 2010 g/mol. The topological polar surface area (TPSA) is 215 Å². The third-order valence-corrected chi connectivity index (χ3v) is 29.7. The zero-order chi connectivity index (χ0) is 101. The number of likely N-dealkylation sites (N-methyl/N-ethyl adjacent to an activating group) is 5. The van der Waals surface area contributed by atoms with Crippen LogP contribution in [0.2, 0.25) is 20.1 Å². The predicted molar refractivity (Wildman–Crippen MR) is 592 cm³/mol. The number of fused-ring (bicyclic) bond motifs is 5. The molecule has 5 aliphatic rings. The van der Waals surface area contributed by atoms with E-state index in [1.54, 1.807) is 12.1 Å². The monoisotopic (exact) mass is 2010 g/mol. The van der Waals surface area contributed by atoms with E-state index in [1.165, 1.54) is 95.5 Å². The van der Waals surface area contributed by atoms with E-state index in [0.29, 0.717) is 90.6 Å². The SMILES string of the molecule is CC(=O)N[C@H](Cc1ccc(Cl)cc1)C(=O)N1CCN(C)[C@H](Cc2ccc3ccccc3c2)C1.CC(=O)N[C@H](Cc1ccc(Cl)cc1)C(=O)N1CCN[C@H](Cc2ccc3ccccc3c2)C1.CN1CCN(C(=O)[C@H](N)Cc2ccc(Cl)cc2)C[C@H]1Cc1ccc2ccccc2c1.CN1CCNC[C@H]1Cc1ccc2ccccc2c1.CN[C@H](Cc1ccc(Cl)cc1)C(=O)N1CCN(C)[C@H](Cc2ccc3ccccc3c2)C1. The van der Waals surface area contributed by atoms with Crippen molar-refractivity contribution in [3.05, 3.63) is 380 Å². The number of hydrogen-bond acceptors (Lipinski definition) is 14. The zero-order valence-electron chi connectivity index (χ0n) is 83.7. The molecule has 20 nitrogen and oxygen atoms in total. The largest absolute Gasteiger partial charge is 0.344 e. The first-order valence-electron chi connectivity index (χ1n) is 50.5. The van der Waals surface area contributed by atoms with Crippen LogP contribution in [0.15, 0.2) is 309 Å². The molecule has 0 unspecified atom stereocenters. The Hall–Kier alpha value is -12.0. The first kappa shape index (κ1) is 106. The second-order valence-corrected chi connectivity index (χ2v) is 41.0. The normalized spacial score (nSPS) is 18.3. The molecule has 5 saturated heterocycles. The molecular weight excluding hydrogens is 1880 g/mol. The van der Waals surface area contributed by atoms with Crippen LogP contribution in [0.5, 0.6) is 0 Å². The van der Waals surface area contributed by atoms with Gasteiger partial charge in [-0.15, -0.1) is 0 Å². The number of hydrogen-bond donors (Lipinski definition) is 6. The van der Waals surface area contributed by atoms with Crippen molar-refractivity contribution < 1.29 is 28.8 Å². The molecule has 5 fully saturated rings. The third kappa shape index (κ3) is 30.6. The van der Waals surface area contributed by atoms with Crippen LogP contribution in [0.1, 0.15) is 63.9 Å². The molecule has 7 N–H and O–H groups in total. The van der Waals surface area contributed by atoms with E-state index in [0.717, 1.165) is 120 Å². The number of benzene rings is 14. The van der Waals surface area contributed by atoms with Gasteiger partial charge in [-0.3, -0.25) is 43.5 Å². The molecule has 14 aromatic rings. The lowest BCUT2D eigenvalue weighted by Gasteiger charge is -2.41. The van der Waals surface area contributed by atoms with Crippen molar-refractivity contribution in [2.24, 2.45) is 5.73 Å². The van der Waals surface area contributed by atoms with Gasteiger partial charge < -0.3 is 56.8 Å². The van der Waals surface area contributed by atoms with Crippen molar-refractivity contribution in [3.63, 3.8) is 0 Å². The Balaban J connectivity index is 0.000000137. The van der Waals surface area contributed by atoms with E-state index in [4.69, 9.17) is 52.1 Å². The number of nitrogens with two attached hydrogens (primary N) is 1. The van der Waals surface area contributed by atoms with Crippen molar-refractivity contribution >= 4 is 136 Å². The summed E-state index contributed by atoms with van der Waals surface area (Å²) in [5.74, 6) is -0.281. The number of carbonyl (C=O) groups excluding carboxylic acids is 6. The van der Waals surface area contributed by atoms with E-state index in [9.17, 15) is 28.8 Å². The van der Waals surface area contributed by atoms with Crippen LogP contribution in [-0.4, -0.2) is 262 Å². The average Bonchev–Trinajstić information content (AvgIpc) is 0.745. The van der Waals surface area contributed by atoms with Crippen LogP contribution >= 0.6 is 46.4 Å². The van der Waals surface area contributed by atoms with Crippen LogP contribution in [-0.2, 0) is 86.6 Å². The fourth-order valence-corrected chi connectivity index (χ4v) is 20.7. The number of carbonyl (C=O) groups is 6. The summed E-state index contributed by atoms with van der Waals surface area (Å²) in [6.45, 7) is 15.0. The molecule has 9 atom stereocenters. The number of nitrogens with one attached hydrogen (secondary N) is 5. The number of piperazine rings is 5. The molecule has 6 amide bonds. The van der Waals surface area contributed by atoms with Crippen molar-refractivity contribution in [1.82, 2.24) is 65.8 Å². The number of rotatable bonds is 25. The highest BCUT2D eigenvalue weighted by molar-refractivity contribution is 6.31. The van der Waals surface area contributed by atoms with E-state index < -0.39 is 18.1 Å². The molecule has 24 heteroatoms. The molecule has 0 saturated carbocycles. The van der Waals surface area contributed by atoms with E-state index >= 15 is 0 Å². The summed E-state index contributed by atoms with van der Waals surface area (Å²) in [4.78, 5) is 94.0. The first-order valence-corrected chi connectivity index (χ1v) is 52.0. The molecule has 144 heavy (non-hydrogen) atoms. The molecule has 0 spiro atoms. The molecule has 19 rings (SSSR count). The fraction of sp³-hybridized carbons (Fsp3) is 0.333. The van der Waals surface area contributed by atoms with E-state index in [-0.39, 0.29) is 59.6 Å². The van der Waals surface area contributed by atoms with Gasteiger partial charge in [-0.2, -0.15) is 0 Å². The van der Waals surface area contributed by atoms with Gasteiger partial charge in [-0.05, 0) is 233 Å². The van der Waals surface area contributed by atoms with Gasteiger partial charge in [-0.1, -0.05) is 307 Å². The minimum atomic E-state index is -0.590. The molecule has 0 aromatic heterocycles. The molecule has 0 bridgehead atoms. The minimum absolute atomic E-state index is 0.0292. The van der Waals surface area contributed by atoms with Crippen molar-refractivity contribution in [2.45, 2.75) is 126 Å². The summed E-state index contributed by atoms with van der Waals surface area (Å²) in [6, 6.07) is 105. The van der Waals surface area contributed by atoms with Crippen molar-refractivity contribution in [2.75, 3.05) is 133 Å². The number of amides is 6. The van der Waals surface area contributed by atoms with Crippen LogP contribution in [0.3, 0.4) is 0 Å². The number of halogens is 4.